The maximum Gasteiger partial charge on any atom is 0.254 e. The van der Waals surface area contributed by atoms with Crippen molar-refractivity contribution in [1.82, 2.24) is 9.55 Å². The van der Waals surface area contributed by atoms with Gasteiger partial charge in [0.2, 0.25) is 0 Å². The van der Waals surface area contributed by atoms with Gasteiger partial charge in [-0.3, -0.25) is 14.2 Å². The number of carbonyl (C=O) groups is 1. The monoisotopic (exact) mass is 206 g/mol. The Labute approximate surface area is 88.0 Å². The maximum atomic E-state index is 11.7. The first-order chi connectivity index (χ1) is 7.09. The number of hydrogen-bond donors (Lipinski definition) is 0. The van der Waals surface area contributed by atoms with Crippen molar-refractivity contribution in [3.63, 3.8) is 0 Å². The van der Waals surface area contributed by atoms with Gasteiger partial charge in [0.15, 0.2) is 11.6 Å². The minimum atomic E-state index is -0.100. The molecule has 0 fully saturated rings. The largest absolute Gasteiger partial charge is 0.291 e. The summed E-state index contributed by atoms with van der Waals surface area (Å²) in [5.41, 5.74) is 0.609. The topological polar surface area (TPSA) is 52.0 Å². The summed E-state index contributed by atoms with van der Waals surface area (Å²) >= 11 is 0. The molecule has 0 spiro atoms. The highest BCUT2D eigenvalue weighted by atomic mass is 16.1. The summed E-state index contributed by atoms with van der Waals surface area (Å²) in [6, 6.07) is 1.53. The van der Waals surface area contributed by atoms with Gasteiger partial charge in [0.05, 0.1) is 5.69 Å². The lowest BCUT2D eigenvalue weighted by atomic mass is 10.1. The van der Waals surface area contributed by atoms with Gasteiger partial charge in [0.25, 0.3) is 5.56 Å². The van der Waals surface area contributed by atoms with E-state index in [1.54, 1.807) is 0 Å². The lowest BCUT2D eigenvalue weighted by molar-refractivity contribution is 0.0945. The van der Waals surface area contributed by atoms with Crippen LogP contribution < -0.4 is 5.56 Å². The zero-order valence-corrected chi connectivity index (χ0v) is 8.99. The first-order valence-electron chi connectivity index (χ1n) is 5.24. The number of aromatic nitrogens is 2. The third-order valence-corrected chi connectivity index (χ3v) is 2.65. The van der Waals surface area contributed by atoms with Gasteiger partial charge in [-0.1, -0.05) is 13.8 Å². The van der Waals surface area contributed by atoms with Crippen molar-refractivity contribution in [2.24, 2.45) is 0 Å². The Kier molecular flexibility index (Phi) is 2.42. The van der Waals surface area contributed by atoms with E-state index in [1.807, 2.05) is 13.8 Å². The molecule has 4 heteroatoms. The van der Waals surface area contributed by atoms with Crippen LogP contribution in [0.4, 0.5) is 0 Å². The van der Waals surface area contributed by atoms with Crippen LogP contribution in [-0.4, -0.2) is 15.3 Å². The average Bonchev–Trinajstić information content (AvgIpc) is 2.19. The van der Waals surface area contributed by atoms with Crippen LogP contribution in [0.1, 0.15) is 48.9 Å². The Morgan fingerprint density at radius 3 is 2.80 bits per heavy atom. The number of nitrogens with zero attached hydrogens (tertiary/aromatic N) is 2. The molecule has 1 aliphatic heterocycles. The molecule has 2 rings (SSSR count). The van der Waals surface area contributed by atoms with Crippen LogP contribution in [0.3, 0.4) is 0 Å². The van der Waals surface area contributed by atoms with E-state index in [2.05, 4.69) is 4.98 Å². The van der Waals surface area contributed by atoms with Crippen molar-refractivity contribution < 1.29 is 4.79 Å². The smallest absolute Gasteiger partial charge is 0.254 e. The first-order valence-corrected chi connectivity index (χ1v) is 5.24. The van der Waals surface area contributed by atoms with E-state index < -0.39 is 0 Å². The van der Waals surface area contributed by atoms with E-state index in [4.69, 9.17) is 0 Å². The molecule has 0 N–H and O–H groups in total. The van der Waals surface area contributed by atoms with Crippen molar-refractivity contribution in [2.75, 3.05) is 0 Å². The second-order valence-corrected chi connectivity index (χ2v) is 4.18. The second-order valence-electron chi connectivity index (χ2n) is 4.18. The zero-order chi connectivity index (χ0) is 11.0. The third kappa shape index (κ3) is 1.71. The van der Waals surface area contributed by atoms with Crippen molar-refractivity contribution in [3.05, 3.63) is 27.9 Å². The van der Waals surface area contributed by atoms with Gasteiger partial charge in [0.1, 0.15) is 0 Å². The highest BCUT2D eigenvalue weighted by Gasteiger charge is 2.20. The van der Waals surface area contributed by atoms with Crippen molar-refractivity contribution in [2.45, 2.75) is 39.2 Å². The lowest BCUT2D eigenvalue weighted by Gasteiger charge is -2.17. The summed E-state index contributed by atoms with van der Waals surface area (Å²) in [6.45, 7) is 4.55. The molecule has 1 aliphatic rings. The molecule has 0 amide bonds. The van der Waals surface area contributed by atoms with Crippen molar-refractivity contribution in [1.29, 1.82) is 0 Å². The highest BCUT2D eigenvalue weighted by Crippen LogP contribution is 2.14. The molecule has 0 unspecified atom stereocenters. The quantitative estimate of drug-likeness (QED) is 0.696. The number of ketones is 1. The molecule has 0 atom stereocenters. The summed E-state index contributed by atoms with van der Waals surface area (Å²) in [5.74, 6) is 0.511. The molecule has 4 nitrogen and oxygen atoms in total. The maximum absolute atomic E-state index is 11.7. The molecule has 0 saturated carbocycles. The molecule has 15 heavy (non-hydrogen) atoms. The highest BCUT2D eigenvalue weighted by molar-refractivity contribution is 5.93. The molecule has 2 heterocycles. The van der Waals surface area contributed by atoms with Gasteiger partial charge in [0, 0.05) is 19.0 Å². The number of hydrogen-bond acceptors (Lipinski definition) is 3. The number of Topliss-reactive ketones (excluding diaryl/α,β-unsaturated/α-hetero) is 1. The number of carbonyl (C=O) groups excluding carboxylic acids is 1. The predicted octanol–water partition coefficient (Wildman–Crippen LogP) is 1.34. The molecule has 0 radical (unpaired) electrons. The molecular weight excluding hydrogens is 192 g/mol. The summed E-state index contributed by atoms with van der Waals surface area (Å²) in [6.07, 6.45) is 1.25. The minimum absolute atomic E-state index is 0.0131. The summed E-state index contributed by atoms with van der Waals surface area (Å²) < 4.78 is 1.48. The van der Waals surface area contributed by atoms with Crippen LogP contribution in [0, 0.1) is 0 Å². The Hall–Kier alpha value is -1.45. The van der Waals surface area contributed by atoms with Gasteiger partial charge >= 0.3 is 0 Å². The van der Waals surface area contributed by atoms with Crippen LogP contribution in [0.15, 0.2) is 10.9 Å². The van der Waals surface area contributed by atoms with E-state index in [9.17, 15) is 9.59 Å². The normalized spacial score (nSPS) is 15.5. The Balaban J connectivity index is 2.62. The van der Waals surface area contributed by atoms with Gasteiger partial charge in [-0.2, -0.15) is 0 Å². The van der Waals surface area contributed by atoms with Gasteiger partial charge in [-0.15, -0.1) is 0 Å². The zero-order valence-electron chi connectivity index (χ0n) is 8.99. The summed E-state index contributed by atoms with van der Waals surface area (Å²) in [5, 5.41) is 0. The fraction of sp³-hybridized carbons (Fsp3) is 0.545. The van der Waals surface area contributed by atoms with E-state index in [-0.39, 0.29) is 17.3 Å². The summed E-state index contributed by atoms with van der Waals surface area (Å²) in [4.78, 5) is 27.6. The average molecular weight is 206 g/mol. The van der Waals surface area contributed by atoms with Crippen molar-refractivity contribution >= 4 is 5.78 Å². The van der Waals surface area contributed by atoms with Crippen LogP contribution in [0.25, 0.3) is 0 Å². The molecule has 0 aliphatic carbocycles. The summed E-state index contributed by atoms with van der Waals surface area (Å²) in [7, 11) is 0. The number of rotatable bonds is 1. The first kappa shape index (κ1) is 10.1. The van der Waals surface area contributed by atoms with Crippen LogP contribution in [-0.2, 0) is 6.54 Å². The van der Waals surface area contributed by atoms with Gasteiger partial charge in [-0.25, -0.2) is 4.98 Å². The third-order valence-electron chi connectivity index (χ3n) is 2.65. The standard InChI is InChI=1S/C11H14N2O2/c1-7(2)8-6-10(15)13-5-3-4-9(14)11(13)12-8/h6-7H,3-5H2,1-2H3. The fourth-order valence-corrected chi connectivity index (χ4v) is 1.76. The second kappa shape index (κ2) is 3.61. The molecular formula is C11H14N2O2. The molecule has 0 aromatic carbocycles. The Morgan fingerprint density at radius 1 is 1.40 bits per heavy atom. The van der Waals surface area contributed by atoms with E-state index >= 15 is 0 Å². The molecule has 1 aromatic heterocycles. The lowest BCUT2D eigenvalue weighted by Crippen LogP contribution is -2.31. The van der Waals surface area contributed by atoms with E-state index in [0.29, 0.717) is 24.5 Å². The SMILES string of the molecule is CC(C)c1cc(=O)n2c(n1)C(=O)CCC2. The van der Waals surface area contributed by atoms with Crippen LogP contribution in [0.2, 0.25) is 0 Å². The Bertz CT molecular complexity index is 460. The predicted molar refractivity (Wildman–Crippen MR) is 56.2 cm³/mol. The van der Waals surface area contributed by atoms with Crippen LogP contribution in [0.5, 0.6) is 0 Å². The molecule has 0 bridgehead atoms. The van der Waals surface area contributed by atoms with Gasteiger partial charge in [-0.05, 0) is 12.3 Å². The fourth-order valence-electron chi connectivity index (χ4n) is 1.76. The van der Waals surface area contributed by atoms with E-state index in [0.717, 1.165) is 6.42 Å². The minimum Gasteiger partial charge on any atom is -0.291 e. The molecule has 0 saturated heterocycles. The number of fused-ring (bicyclic) bond motifs is 1. The molecule has 80 valence electrons. The Morgan fingerprint density at radius 2 is 2.13 bits per heavy atom. The van der Waals surface area contributed by atoms with Gasteiger partial charge < -0.3 is 0 Å². The van der Waals surface area contributed by atoms with Crippen LogP contribution >= 0.6 is 0 Å². The van der Waals surface area contributed by atoms with E-state index in [1.165, 1.54) is 10.6 Å². The van der Waals surface area contributed by atoms with Crippen molar-refractivity contribution in [3.8, 4) is 0 Å². The molecule has 1 aromatic rings.